The summed E-state index contributed by atoms with van der Waals surface area (Å²) < 4.78 is 30.4. The van der Waals surface area contributed by atoms with Crippen molar-refractivity contribution in [3.8, 4) is 11.5 Å². The Morgan fingerprint density at radius 1 is 1.70 bits per heavy atom. The molecule has 1 aromatic carbocycles. The van der Waals surface area contributed by atoms with Gasteiger partial charge < -0.3 is 19.9 Å². The fraction of sp³-hybridized carbons (Fsp3) is 0.333. The minimum Gasteiger partial charge on any atom is -0.484 e. The molecule has 3 rings (SSSR count). The van der Waals surface area contributed by atoms with Gasteiger partial charge in [0, 0.05) is 13.0 Å². The Balaban J connectivity index is 1.92. The molecule has 2 N–H and O–H groups in total. The summed E-state index contributed by atoms with van der Waals surface area (Å²) in [5, 5.41) is 0.262. The SMILES string of the molecule is CC(=O)OC[C@H]1COc2c(cc(F)c3nc(N)sc23)O1. The second-order valence-corrected chi connectivity index (χ2v) is 5.30. The normalized spacial score (nSPS) is 17.2. The summed E-state index contributed by atoms with van der Waals surface area (Å²) in [6.45, 7) is 1.57. The molecule has 2 heterocycles. The molecular formula is C12H11FN2O4S. The number of nitrogens with zero attached hydrogens (tertiary/aromatic N) is 1. The van der Waals surface area contributed by atoms with Crippen molar-refractivity contribution in [1.29, 1.82) is 0 Å². The maximum absolute atomic E-state index is 13.9. The molecule has 0 saturated carbocycles. The smallest absolute Gasteiger partial charge is 0.302 e. The molecule has 1 aliphatic heterocycles. The lowest BCUT2D eigenvalue weighted by Gasteiger charge is -2.26. The number of carbonyl (C=O) groups is 1. The van der Waals surface area contributed by atoms with Gasteiger partial charge in [-0.1, -0.05) is 11.3 Å². The number of nitrogens with two attached hydrogens (primary N) is 1. The summed E-state index contributed by atoms with van der Waals surface area (Å²) in [5.41, 5.74) is 5.76. The minimum absolute atomic E-state index is 0.0548. The first-order chi connectivity index (χ1) is 9.54. The first kappa shape index (κ1) is 12.9. The van der Waals surface area contributed by atoms with Crippen molar-refractivity contribution in [2.24, 2.45) is 0 Å². The predicted molar refractivity (Wildman–Crippen MR) is 70.5 cm³/mol. The average molecular weight is 298 g/mol. The van der Waals surface area contributed by atoms with Gasteiger partial charge in [-0.25, -0.2) is 9.37 Å². The van der Waals surface area contributed by atoms with Crippen LogP contribution in [0.25, 0.3) is 10.2 Å². The number of fused-ring (bicyclic) bond motifs is 3. The van der Waals surface area contributed by atoms with Crippen LogP contribution < -0.4 is 15.2 Å². The van der Waals surface area contributed by atoms with Gasteiger partial charge in [-0.3, -0.25) is 4.79 Å². The molecule has 0 saturated heterocycles. The molecule has 106 valence electrons. The van der Waals surface area contributed by atoms with Gasteiger partial charge in [-0.2, -0.15) is 0 Å². The van der Waals surface area contributed by atoms with E-state index in [2.05, 4.69) is 4.98 Å². The van der Waals surface area contributed by atoms with Crippen LogP contribution in [0.15, 0.2) is 6.07 Å². The number of anilines is 1. The molecule has 0 fully saturated rings. The first-order valence-corrected chi connectivity index (χ1v) is 6.67. The molecule has 1 aromatic heterocycles. The van der Waals surface area contributed by atoms with Gasteiger partial charge in [-0.05, 0) is 0 Å². The second-order valence-electron chi connectivity index (χ2n) is 4.27. The van der Waals surface area contributed by atoms with E-state index in [9.17, 15) is 9.18 Å². The Bertz CT molecular complexity index is 688. The Kier molecular flexibility index (Phi) is 3.09. The minimum atomic E-state index is -0.525. The van der Waals surface area contributed by atoms with Crippen LogP contribution in [0.1, 0.15) is 6.92 Å². The summed E-state index contributed by atoms with van der Waals surface area (Å²) in [6, 6.07) is 1.21. The van der Waals surface area contributed by atoms with Crippen LogP contribution in [0.4, 0.5) is 9.52 Å². The van der Waals surface area contributed by atoms with Gasteiger partial charge in [0.2, 0.25) is 0 Å². The van der Waals surface area contributed by atoms with E-state index in [-0.39, 0.29) is 29.6 Å². The monoisotopic (exact) mass is 298 g/mol. The van der Waals surface area contributed by atoms with E-state index >= 15 is 0 Å². The van der Waals surface area contributed by atoms with Gasteiger partial charge in [-0.15, -0.1) is 0 Å². The lowest BCUT2D eigenvalue weighted by atomic mass is 10.2. The summed E-state index contributed by atoms with van der Waals surface area (Å²) in [7, 11) is 0. The van der Waals surface area contributed by atoms with E-state index in [0.717, 1.165) is 11.3 Å². The molecule has 6 nitrogen and oxygen atoms in total. The second kappa shape index (κ2) is 4.78. The fourth-order valence-corrected chi connectivity index (χ4v) is 2.76. The van der Waals surface area contributed by atoms with Crippen LogP contribution in [0, 0.1) is 5.82 Å². The number of hydrogen-bond donors (Lipinski definition) is 1. The van der Waals surface area contributed by atoms with E-state index in [1.54, 1.807) is 0 Å². The molecule has 0 spiro atoms. The van der Waals surface area contributed by atoms with Crippen molar-refractivity contribution < 1.29 is 23.4 Å². The van der Waals surface area contributed by atoms with Crippen LogP contribution in [0.5, 0.6) is 11.5 Å². The molecule has 0 aliphatic carbocycles. The van der Waals surface area contributed by atoms with Gasteiger partial charge in [0.25, 0.3) is 0 Å². The lowest BCUT2D eigenvalue weighted by molar-refractivity contribution is -0.144. The molecule has 0 radical (unpaired) electrons. The van der Waals surface area contributed by atoms with Crippen LogP contribution >= 0.6 is 11.3 Å². The van der Waals surface area contributed by atoms with Gasteiger partial charge in [0.1, 0.15) is 23.4 Å². The molecule has 1 atom stereocenters. The molecule has 1 aliphatic rings. The fourth-order valence-electron chi connectivity index (χ4n) is 1.92. The third-order valence-electron chi connectivity index (χ3n) is 2.74. The molecule has 20 heavy (non-hydrogen) atoms. The van der Waals surface area contributed by atoms with E-state index in [0.29, 0.717) is 10.4 Å². The molecule has 0 unspecified atom stereocenters. The summed E-state index contributed by atoms with van der Waals surface area (Å²) >= 11 is 1.14. The number of ether oxygens (including phenoxy) is 3. The largest absolute Gasteiger partial charge is 0.484 e. The predicted octanol–water partition coefficient (Wildman–Crippen LogP) is 1.72. The molecular weight excluding hydrogens is 287 g/mol. The topological polar surface area (TPSA) is 83.7 Å². The summed E-state index contributed by atoms with van der Waals surface area (Å²) in [5.74, 6) is -0.239. The number of aromatic nitrogens is 1. The highest BCUT2D eigenvalue weighted by atomic mass is 32.1. The van der Waals surface area contributed by atoms with Crippen LogP contribution in [0.2, 0.25) is 0 Å². The highest BCUT2D eigenvalue weighted by Crippen LogP contribution is 2.43. The summed E-state index contributed by atoms with van der Waals surface area (Å²) in [6.07, 6.45) is -0.464. The van der Waals surface area contributed by atoms with Crippen molar-refractivity contribution in [2.75, 3.05) is 18.9 Å². The first-order valence-electron chi connectivity index (χ1n) is 5.86. The number of hydrogen-bond acceptors (Lipinski definition) is 7. The van der Waals surface area contributed by atoms with Crippen molar-refractivity contribution in [2.45, 2.75) is 13.0 Å². The quantitative estimate of drug-likeness (QED) is 0.850. The van der Waals surface area contributed by atoms with Crippen LogP contribution in [0.3, 0.4) is 0 Å². The standard InChI is InChI=1S/C12H11FN2O4S/c1-5(16)17-3-6-4-18-10-8(19-6)2-7(13)9-11(10)20-12(14)15-9/h2,6H,3-4H2,1H3,(H2,14,15)/t6-/m0/s1. The highest BCUT2D eigenvalue weighted by molar-refractivity contribution is 7.22. The third-order valence-corrected chi connectivity index (χ3v) is 3.62. The Morgan fingerprint density at radius 3 is 3.25 bits per heavy atom. The van der Waals surface area contributed by atoms with Crippen LogP contribution in [-0.2, 0) is 9.53 Å². The summed E-state index contributed by atoms with van der Waals surface area (Å²) in [4.78, 5) is 14.7. The number of thiazole rings is 1. The number of carbonyl (C=O) groups excluding carboxylic acids is 1. The van der Waals surface area contributed by atoms with Crippen molar-refractivity contribution in [3.05, 3.63) is 11.9 Å². The van der Waals surface area contributed by atoms with Crippen molar-refractivity contribution >= 4 is 32.7 Å². The maximum Gasteiger partial charge on any atom is 0.302 e. The van der Waals surface area contributed by atoms with Gasteiger partial charge in [0.05, 0.1) is 0 Å². The molecule has 0 bridgehead atoms. The highest BCUT2D eigenvalue weighted by Gasteiger charge is 2.27. The number of benzene rings is 1. The van der Waals surface area contributed by atoms with E-state index in [4.69, 9.17) is 19.9 Å². The zero-order valence-corrected chi connectivity index (χ0v) is 11.3. The maximum atomic E-state index is 13.9. The Labute approximate surface area is 117 Å². The Hall–Kier alpha value is -2.09. The zero-order chi connectivity index (χ0) is 14.3. The van der Waals surface area contributed by atoms with Crippen molar-refractivity contribution in [3.63, 3.8) is 0 Å². The number of esters is 1. The molecule has 8 heteroatoms. The van der Waals surface area contributed by atoms with E-state index < -0.39 is 17.9 Å². The van der Waals surface area contributed by atoms with Crippen LogP contribution in [-0.4, -0.2) is 30.3 Å². The molecule has 2 aromatic rings. The Morgan fingerprint density at radius 2 is 2.50 bits per heavy atom. The van der Waals surface area contributed by atoms with Gasteiger partial charge in [0.15, 0.2) is 28.6 Å². The third kappa shape index (κ3) is 2.22. The number of halogens is 1. The number of rotatable bonds is 2. The molecule has 0 amide bonds. The lowest BCUT2D eigenvalue weighted by Crippen LogP contribution is -2.34. The zero-order valence-electron chi connectivity index (χ0n) is 10.5. The van der Waals surface area contributed by atoms with Gasteiger partial charge >= 0.3 is 5.97 Å². The van der Waals surface area contributed by atoms with E-state index in [1.165, 1.54) is 13.0 Å². The average Bonchev–Trinajstić information content (AvgIpc) is 2.78. The number of nitrogen functional groups attached to an aromatic ring is 1. The van der Waals surface area contributed by atoms with E-state index in [1.807, 2.05) is 0 Å². The van der Waals surface area contributed by atoms with Crippen molar-refractivity contribution in [1.82, 2.24) is 4.98 Å².